The van der Waals surface area contributed by atoms with Crippen LogP contribution in [-0.2, 0) is 0 Å². The molecule has 1 fully saturated rings. The van der Waals surface area contributed by atoms with Crippen molar-refractivity contribution in [2.75, 3.05) is 5.88 Å². The maximum absolute atomic E-state index is 12.7. The van der Waals surface area contributed by atoms with Gasteiger partial charge >= 0.3 is 0 Å². The molecule has 1 aliphatic heterocycles. The minimum Gasteiger partial charge on any atom is -0.253 e. The fourth-order valence-electron chi connectivity index (χ4n) is 1.64. The number of nitrogens with one attached hydrogen (secondary N) is 2. The third-order valence-corrected chi connectivity index (χ3v) is 2.81. The summed E-state index contributed by atoms with van der Waals surface area (Å²) in [6.45, 7) is 0. The van der Waals surface area contributed by atoms with Gasteiger partial charge < -0.3 is 0 Å². The van der Waals surface area contributed by atoms with Crippen LogP contribution in [0.4, 0.5) is 4.39 Å². The lowest BCUT2D eigenvalue weighted by Gasteiger charge is -2.08. The molecule has 2 rings (SSSR count). The van der Waals surface area contributed by atoms with Crippen LogP contribution in [0.15, 0.2) is 24.3 Å². The molecular weight excluding hydrogens is 203 g/mol. The molecule has 0 aliphatic carbocycles. The average molecular weight is 215 g/mol. The average Bonchev–Trinajstić information content (AvgIpc) is 2.67. The lowest BCUT2D eigenvalue weighted by molar-refractivity contribution is 0.560. The quantitative estimate of drug-likeness (QED) is 0.736. The van der Waals surface area contributed by atoms with Crippen molar-refractivity contribution in [3.8, 4) is 0 Å². The minimum atomic E-state index is -0.200. The van der Waals surface area contributed by atoms with E-state index >= 15 is 0 Å². The van der Waals surface area contributed by atoms with Gasteiger partial charge in [0, 0.05) is 18.0 Å². The Bertz CT molecular complexity index is 301. The standard InChI is InChI=1S/C10H12ClFN2/c11-6-9-5-10(14-13-9)7-1-3-8(12)4-2-7/h1-4,9-10,13-14H,5-6H2. The lowest BCUT2D eigenvalue weighted by Crippen LogP contribution is -2.31. The predicted molar refractivity (Wildman–Crippen MR) is 54.5 cm³/mol. The number of hydrogen-bond donors (Lipinski definition) is 2. The molecule has 0 aromatic heterocycles. The van der Waals surface area contributed by atoms with Crippen LogP contribution < -0.4 is 10.9 Å². The van der Waals surface area contributed by atoms with Crippen molar-refractivity contribution >= 4 is 11.6 Å². The number of hydrogen-bond acceptors (Lipinski definition) is 2. The van der Waals surface area contributed by atoms with Crippen LogP contribution in [0, 0.1) is 5.82 Å². The summed E-state index contributed by atoms with van der Waals surface area (Å²) in [5.41, 5.74) is 7.32. The van der Waals surface area contributed by atoms with Crippen LogP contribution in [0.3, 0.4) is 0 Å². The van der Waals surface area contributed by atoms with Gasteiger partial charge in [0.15, 0.2) is 0 Å². The summed E-state index contributed by atoms with van der Waals surface area (Å²) in [5.74, 6) is 0.388. The second-order valence-electron chi connectivity index (χ2n) is 3.48. The number of halogens is 2. The molecule has 1 aromatic carbocycles. The number of rotatable bonds is 2. The molecule has 0 bridgehead atoms. The van der Waals surface area contributed by atoms with E-state index in [1.54, 1.807) is 12.1 Å². The zero-order valence-electron chi connectivity index (χ0n) is 7.63. The highest BCUT2D eigenvalue weighted by molar-refractivity contribution is 6.18. The van der Waals surface area contributed by atoms with E-state index in [1.807, 2.05) is 0 Å². The highest BCUT2D eigenvalue weighted by Crippen LogP contribution is 2.22. The van der Waals surface area contributed by atoms with Gasteiger partial charge in [-0.15, -0.1) is 11.6 Å². The number of benzene rings is 1. The van der Waals surface area contributed by atoms with E-state index in [0.29, 0.717) is 11.9 Å². The van der Waals surface area contributed by atoms with Gasteiger partial charge in [0.25, 0.3) is 0 Å². The molecule has 2 nitrogen and oxygen atoms in total. The lowest BCUT2D eigenvalue weighted by atomic mass is 10.0. The summed E-state index contributed by atoms with van der Waals surface area (Å²) in [6.07, 6.45) is 0.940. The molecule has 1 aromatic rings. The van der Waals surface area contributed by atoms with Crippen molar-refractivity contribution in [1.29, 1.82) is 0 Å². The Morgan fingerprint density at radius 3 is 2.57 bits per heavy atom. The Labute approximate surface area is 87.4 Å². The van der Waals surface area contributed by atoms with Crippen molar-refractivity contribution in [1.82, 2.24) is 10.9 Å². The van der Waals surface area contributed by atoms with E-state index in [1.165, 1.54) is 12.1 Å². The van der Waals surface area contributed by atoms with Crippen LogP contribution in [0.1, 0.15) is 18.0 Å². The maximum Gasteiger partial charge on any atom is 0.123 e. The highest BCUT2D eigenvalue weighted by Gasteiger charge is 2.23. The van der Waals surface area contributed by atoms with Gasteiger partial charge in [0.1, 0.15) is 5.82 Å². The van der Waals surface area contributed by atoms with E-state index in [9.17, 15) is 4.39 Å². The van der Waals surface area contributed by atoms with E-state index in [-0.39, 0.29) is 11.9 Å². The molecule has 1 aliphatic rings. The fourth-order valence-corrected chi connectivity index (χ4v) is 1.84. The Balaban J connectivity index is 2.06. The first-order valence-electron chi connectivity index (χ1n) is 4.62. The van der Waals surface area contributed by atoms with Crippen molar-refractivity contribution in [3.05, 3.63) is 35.6 Å². The first-order chi connectivity index (χ1) is 6.79. The van der Waals surface area contributed by atoms with Crippen molar-refractivity contribution in [2.24, 2.45) is 0 Å². The second kappa shape index (κ2) is 4.26. The molecule has 0 saturated carbocycles. The minimum absolute atomic E-state index is 0.200. The molecule has 4 heteroatoms. The summed E-state index contributed by atoms with van der Waals surface area (Å²) in [7, 11) is 0. The molecule has 2 unspecified atom stereocenters. The topological polar surface area (TPSA) is 24.1 Å². The maximum atomic E-state index is 12.7. The monoisotopic (exact) mass is 214 g/mol. The van der Waals surface area contributed by atoms with E-state index in [0.717, 1.165) is 12.0 Å². The molecule has 1 heterocycles. The summed E-state index contributed by atoms with van der Waals surface area (Å²) >= 11 is 5.72. The Morgan fingerprint density at radius 1 is 1.29 bits per heavy atom. The molecule has 76 valence electrons. The van der Waals surface area contributed by atoms with Gasteiger partial charge in [-0.25, -0.2) is 9.82 Å². The largest absolute Gasteiger partial charge is 0.253 e. The van der Waals surface area contributed by atoms with E-state index < -0.39 is 0 Å². The smallest absolute Gasteiger partial charge is 0.123 e. The predicted octanol–water partition coefficient (Wildman–Crippen LogP) is 1.97. The third kappa shape index (κ3) is 2.05. The Kier molecular flexibility index (Phi) is 3.01. The van der Waals surface area contributed by atoms with Crippen LogP contribution in [-0.4, -0.2) is 11.9 Å². The molecule has 0 spiro atoms. The molecule has 0 radical (unpaired) electrons. The molecule has 2 N–H and O–H groups in total. The van der Waals surface area contributed by atoms with Crippen LogP contribution in [0.25, 0.3) is 0 Å². The summed E-state index contributed by atoms with van der Waals surface area (Å²) in [4.78, 5) is 0. The summed E-state index contributed by atoms with van der Waals surface area (Å²) in [5, 5.41) is 0. The van der Waals surface area contributed by atoms with Gasteiger partial charge in [-0.1, -0.05) is 12.1 Å². The van der Waals surface area contributed by atoms with Crippen LogP contribution in [0.5, 0.6) is 0 Å². The van der Waals surface area contributed by atoms with Crippen LogP contribution in [0.2, 0.25) is 0 Å². The molecular formula is C10H12ClFN2. The summed E-state index contributed by atoms with van der Waals surface area (Å²) < 4.78 is 12.7. The van der Waals surface area contributed by atoms with Gasteiger partial charge in [-0.3, -0.25) is 5.43 Å². The zero-order valence-corrected chi connectivity index (χ0v) is 8.39. The fraction of sp³-hybridized carbons (Fsp3) is 0.400. The first kappa shape index (κ1) is 9.90. The Hall–Kier alpha value is -0.640. The molecule has 1 saturated heterocycles. The van der Waals surface area contributed by atoms with E-state index in [4.69, 9.17) is 11.6 Å². The molecule has 0 amide bonds. The normalized spacial score (nSPS) is 26.7. The van der Waals surface area contributed by atoms with E-state index in [2.05, 4.69) is 10.9 Å². The van der Waals surface area contributed by atoms with Crippen molar-refractivity contribution < 1.29 is 4.39 Å². The summed E-state index contributed by atoms with van der Waals surface area (Å²) in [6, 6.07) is 7.08. The van der Waals surface area contributed by atoms with Crippen LogP contribution >= 0.6 is 11.6 Å². The first-order valence-corrected chi connectivity index (χ1v) is 5.15. The van der Waals surface area contributed by atoms with Crippen molar-refractivity contribution in [3.63, 3.8) is 0 Å². The highest BCUT2D eigenvalue weighted by atomic mass is 35.5. The second-order valence-corrected chi connectivity index (χ2v) is 3.79. The molecule has 14 heavy (non-hydrogen) atoms. The van der Waals surface area contributed by atoms with Crippen molar-refractivity contribution in [2.45, 2.75) is 18.5 Å². The number of alkyl halides is 1. The SMILES string of the molecule is Fc1ccc(C2CC(CCl)NN2)cc1. The van der Waals surface area contributed by atoms with Gasteiger partial charge in [-0.05, 0) is 24.1 Å². The third-order valence-electron chi connectivity index (χ3n) is 2.44. The Morgan fingerprint density at radius 2 is 2.00 bits per heavy atom. The van der Waals surface area contributed by atoms with Gasteiger partial charge in [0.05, 0.1) is 0 Å². The van der Waals surface area contributed by atoms with Gasteiger partial charge in [0.2, 0.25) is 0 Å². The number of hydrazine groups is 1. The molecule has 2 atom stereocenters. The zero-order chi connectivity index (χ0) is 9.97. The van der Waals surface area contributed by atoms with Gasteiger partial charge in [-0.2, -0.15) is 0 Å².